The predicted octanol–water partition coefficient (Wildman–Crippen LogP) is 3.73. The quantitative estimate of drug-likeness (QED) is 0.437. The molecule has 0 amide bonds. The zero-order chi connectivity index (χ0) is 17.4. The Labute approximate surface area is 144 Å². The summed E-state index contributed by atoms with van der Waals surface area (Å²) in [5, 5.41) is 0. The normalized spacial score (nSPS) is 44.7. The molecule has 4 bridgehead atoms. The van der Waals surface area contributed by atoms with Crippen LogP contribution in [0.4, 0.5) is 0 Å². The molecule has 4 aliphatic rings. The van der Waals surface area contributed by atoms with Crippen molar-refractivity contribution in [3.05, 3.63) is 0 Å². The van der Waals surface area contributed by atoms with Gasteiger partial charge in [-0.15, -0.1) is 0 Å². The topological polar surface area (TPSA) is 52.6 Å². The Kier molecular flexibility index (Phi) is 3.42. The van der Waals surface area contributed by atoms with Gasteiger partial charge in [0.15, 0.2) is 0 Å². The number of Topliss-reactive ketones (excluding diaryl/α,β-unsaturated/α-hetero) is 2. The summed E-state index contributed by atoms with van der Waals surface area (Å²) in [6.45, 7) is 9.46. The first-order valence-corrected chi connectivity index (χ1v) is 9.48. The molecule has 0 aliphatic heterocycles. The van der Waals surface area contributed by atoms with E-state index < -0.39 is 0 Å². The van der Waals surface area contributed by atoms with Crippen LogP contribution in [0.15, 0.2) is 0 Å². The van der Waals surface area contributed by atoms with Crippen molar-refractivity contribution in [3.63, 3.8) is 0 Å². The summed E-state index contributed by atoms with van der Waals surface area (Å²) < 4.78 is 0. The second-order valence-electron chi connectivity index (χ2n) is 9.86. The lowest BCUT2D eigenvalue weighted by Gasteiger charge is -2.37. The SMILES string of the molecule is CC1(C)C2CCC1(COOCC13CCC(CC1=O)C3(C)C)C(=O)C2. The molecule has 0 aromatic rings. The van der Waals surface area contributed by atoms with Crippen molar-refractivity contribution in [1.82, 2.24) is 0 Å². The Hall–Kier alpha value is -0.740. The van der Waals surface area contributed by atoms with Gasteiger partial charge < -0.3 is 0 Å². The summed E-state index contributed by atoms with van der Waals surface area (Å²) in [5.41, 5.74) is -0.787. The molecule has 24 heavy (non-hydrogen) atoms. The maximum atomic E-state index is 12.5. The highest BCUT2D eigenvalue weighted by Gasteiger charge is 2.66. The Morgan fingerprint density at radius 2 is 1.17 bits per heavy atom. The maximum absolute atomic E-state index is 12.5. The first kappa shape index (κ1) is 16.7. The van der Waals surface area contributed by atoms with Crippen molar-refractivity contribution in [2.45, 2.75) is 66.2 Å². The molecular weight excluding hydrogens is 304 g/mol. The van der Waals surface area contributed by atoms with Crippen LogP contribution in [0.25, 0.3) is 0 Å². The summed E-state index contributed by atoms with van der Waals surface area (Å²) in [4.78, 5) is 36.3. The zero-order valence-corrected chi connectivity index (χ0v) is 15.4. The number of fused-ring (bicyclic) bond motifs is 4. The van der Waals surface area contributed by atoms with Gasteiger partial charge >= 0.3 is 0 Å². The van der Waals surface area contributed by atoms with Gasteiger partial charge in [-0.25, -0.2) is 9.78 Å². The average molecular weight is 334 g/mol. The summed E-state index contributed by atoms with van der Waals surface area (Å²) in [6, 6.07) is 0. The third kappa shape index (κ3) is 1.77. The highest BCUT2D eigenvalue weighted by molar-refractivity contribution is 5.90. The van der Waals surface area contributed by atoms with Gasteiger partial charge in [-0.05, 0) is 48.3 Å². The lowest BCUT2D eigenvalue weighted by atomic mass is 9.69. The Bertz CT molecular complexity index is 540. The maximum Gasteiger partial charge on any atom is 0.142 e. The predicted molar refractivity (Wildman–Crippen MR) is 89.0 cm³/mol. The largest absolute Gasteiger partial charge is 0.299 e. The molecule has 0 spiro atoms. The second-order valence-corrected chi connectivity index (χ2v) is 9.86. The van der Waals surface area contributed by atoms with Gasteiger partial charge in [-0.3, -0.25) is 9.59 Å². The van der Waals surface area contributed by atoms with Crippen molar-refractivity contribution in [2.75, 3.05) is 13.2 Å². The Balaban J connectivity index is 1.41. The molecule has 4 heteroatoms. The van der Waals surface area contributed by atoms with Gasteiger partial charge in [0, 0.05) is 12.8 Å². The highest BCUT2D eigenvalue weighted by Crippen LogP contribution is 2.65. The van der Waals surface area contributed by atoms with E-state index in [0.717, 1.165) is 25.7 Å². The lowest BCUT2D eigenvalue weighted by Crippen LogP contribution is -2.42. The van der Waals surface area contributed by atoms with Crippen LogP contribution in [-0.2, 0) is 19.4 Å². The third-order valence-electron chi connectivity index (χ3n) is 8.97. The molecule has 4 fully saturated rings. The smallest absolute Gasteiger partial charge is 0.142 e. The first-order chi connectivity index (χ1) is 11.2. The molecule has 4 aliphatic carbocycles. The number of carbonyl (C=O) groups excluding carboxylic acids is 2. The van der Waals surface area contributed by atoms with Crippen molar-refractivity contribution >= 4 is 11.6 Å². The summed E-state index contributed by atoms with van der Waals surface area (Å²) in [5.74, 6) is 1.64. The van der Waals surface area contributed by atoms with E-state index in [2.05, 4.69) is 27.7 Å². The highest BCUT2D eigenvalue weighted by atomic mass is 17.2. The van der Waals surface area contributed by atoms with Crippen LogP contribution in [0.2, 0.25) is 0 Å². The minimum atomic E-state index is -0.386. The lowest BCUT2D eigenvalue weighted by molar-refractivity contribution is -0.326. The van der Waals surface area contributed by atoms with E-state index in [9.17, 15) is 9.59 Å². The second kappa shape index (κ2) is 4.91. The Morgan fingerprint density at radius 3 is 1.42 bits per heavy atom. The van der Waals surface area contributed by atoms with E-state index in [-0.39, 0.29) is 21.7 Å². The van der Waals surface area contributed by atoms with E-state index in [4.69, 9.17) is 9.78 Å². The van der Waals surface area contributed by atoms with E-state index >= 15 is 0 Å². The minimum absolute atomic E-state index is 0.00731. The Morgan fingerprint density at radius 1 is 0.792 bits per heavy atom. The van der Waals surface area contributed by atoms with E-state index in [1.807, 2.05) is 0 Å². The molecule has 4 atom stereocenters. The van der Waals surface area contributed by atoms with Crippen LogP contribution in [0.5, 0.6) is 0 Å². The van der Waals surface area contributed by atoms with Crippen LogP contribution >= 0.6 is 0 Å². The summed E-state index contributed by atoms with van der Waals surface area (Å²) in [7, 11) is 0. The van der Waals surface area contributed by atoms with E-state index in [0.29, 0.717) is 49.5 Å². The molecule has 0 aromatic carbocycles. The molecule has 4 rings (SSSR count). The van der Waals surface area contributed by atoms with Gasteiger partial charge in [0.1, 0.15) is 11.6 Å². The van der Waals surface area contributed by atoms with E-state index in [1.54, 1.807) is 0 Å². The van der Waals surface area contributed by atoms with Crippen LogP contribution in [0, 0.1) is 33.5 Å². The molecule has 4 saturated carbocycles. The van der Waals surface area contributed by atoms with E-state index in [1.165, 1.54) is 0 Å². The molecule has 0 heterocycles. The molecule has 0 aromatic heterocycles. The van der Waals surface area contributed by atoms with Crippen molar-refractivity contribution < 1.29 is 19.4 Å². The van der Waals surface area contributed by atoms with Crippen molar-refractivity contribution in [3.8, 4) is 0 Å². The molecule has 134 valence electrons. The monoisotopic (exact) mass is 334 g/mol. The van der Waals surface area contributed by atoms with Gasteiger partial charge in [0.05, 0.1) is 24.0 Å². The van der Waals surface area contributed by atoms with Crippen LogP contribution < -0.4 is 0 Å². The van der Waals surface area contributed by atoms with Crippen LogP contribution in [0.3, 0.4) is 0 Å². The molecule has 0 radical (unpaired) electrons. The fraction of sp³-hybridized carbons (Fsp3) is 0.900. The first-order valence-electron chi connectivity index (χ1n) is 9.48. The third-order valence-corrected chi connectivity index (χ3v) is 8.97. The van der Waals surface area contributed by atoms with Crippen molar-refractivity contribution in [2.24, 2.45) is 33.5 Å². The fourth-order valence-corrected chi connectivity index (χ4v) is 6.50. The van der Waals surface area contributed by atoms with Gasteiger partial charge in [0.2, 0.25) is 0 Å². The molecule has 0 saturated heterocycles. The zero-order valence-electron chi connectivity index (χ0n) is 15.4. The van der Waals surface area contributed by atoms with Gasteiger partial charge in [0.25, 0.3) is 0 Å². The standard InChI is InChI=1S/C20H30O4/c1-17(2)13-5-7-19(17,15(21)9-13)11-23-24-12-20-8-6-14(10-16(20)22)18(20,3)4/h13-14H,5-12H2,1-4H3. The van der Waals surface area contributed by atoms with Gasteiger partial charge in [-0.2, -0.15) is 0 Å². The number of ketones is 2. The molecule has 4 nitrogen and oxygen atoms in total. The molecular formula is C20H30O4. The number of hydrogen-bond donors (Lipinski definition) is 0. The fourth-order valence-electron chi connectivity index (χ4n) is 6.50. The average Bonchev–Trinajstić information content (AvgIpc) is 3.04. The number of carbonyl (C=O) groups is 2. The van der Waals surface area contributed by atoms with Crippen LogP contribution in [-0.4, -0.2) is 24.8 Å². The van der Waals surface area contributed by atoms with Gasteiger partial charge in [-0.1, -0.05) is 27.7 Å². The molecule has 0 N–H and O–H groups in total. The number of hydrogen-bond acceptors (Lipinski definition) is 4. The van der Waals surface area contributed by atoms with Crippen molar-refractivity contribution in [1.29, 1.82) is 0 Å². The summed E-state index contributed by atoms with van der Waals surface area (Å²) >= 11 is 0. The number of rotatable bonds is 5. The minimum Gasteiger partial charge on any atom is -0.299 e. The molecule has 4 unspecified atom stereocenters. The summed E-state index contributed by atoms with van der Waals surface area (Å²) in [6.07, 6.45) is 5.41. The van der Waals surface area contributed by atoms with Crippen LogP contribution in [0.1, 0.15) is 66.2 Å².